The van der Waals surface area contributed by atoms with Crippen molar-refractivity contribution in [3.05, 3.63) is 44.9 Å². The first-order valence-electron chi connectivity index (χ1n) is 7.02. The second-order valence-electron chi connectivity index (χ2n) is 5.37. The highest BCUT2D eigenvalue weighted by atomic mass is 35.5. The fraction of sp³-hybridized carbons (Fsp3) is 0.400. The van der Waals surface area contributed by atoms with Crippen LogP contribution in [0.15, 0.2) is 24.3 Å². The van der Waals surface area contributed by atoms with Gasteiger partial charge in [0.2, 0.25) is 0 Å². The van der Waals surface area contributed by atoms with Gasteiger partial charge in [-0.2, -0.15) is 0 Å². The van der Waals surface area contributed by atoms with Crippen molar-refractivity contribution in [1.82, 2.24) is 9.59 Å². The molecule has 116 valence electrons. The van der Waals surface area contributed by atoms with E-state index in [1.807, 2.05) is 24.3 Å². The predicted octanol–water partition coefficient (Wildman–Crippen LogP) is 4.40. The number of ether oxygens (including phenoxy) is 1. The lowest BCUT2D eigenvalue weighted by Gasteiger charge is -2.27. The molecule has 0 amide bonds. The summed E-state index contributed by atoms with van der Waals surface area (Å²) in [6.45, 7) is 0.0590. The molecular formula is C15H14Cl2N2O2S. The summed E-state index contributed by atoms with van der Waals surface area (Å²) in [6.07, 6.45) is 3.60. The number of aromatic nitrogens is 2. The fourth-order valence-electron chi connectivity index (χ4n) is 2.91. The van der Waals surface area contributed by atoms with E-state index in [9.17, 15) is 4.79 Å². The van der Waals surface area contributed by atoms with Crippen molar-refractivity contribution in [2.24, 2.45) is 0 Å². The van der Waals surface area contributed by atoms with E-state index in [1.165, 1.54) is 0 Å². The summed E-state index contributed by atoms with van der Waals surface area (Å²) >= 11 is 13.0. The summed E-state index contributed by atoms with van der Waals surface area (Å²) in [4.78, 5) is 12.7. The number of carbonyl (C=O) groups excluding carboxylic acids is 1. The van der Waals surface area contributed by atoms with Crippen LogP contribution in [0.5, 0.6) is 0 Å². The average Bonchev–Trinajstić information content (AvgIpc) is 3.15. The van der Waals surface area contributed by atoms with E-state index in [0.29, 0.717) is 15.1 Å². The number of nitrogens with zero attached hydrogens (tertiary/aromatic N) is 2. The number of esters is 1. The first-order chi connectivity index (χ1) is 10.6. The van der Waals surface area contributed by atoms with E-state index in [4.69, 9.17) is 27.9 Å². The highest BCUT2D eigenvalue weighted by Crippen LogP contribution is 2.42. The molecule has 4 nitrogen and oxygen atoms in total. The molecule has 7 heteroatoms. The van der Waals surface area contributed by atoms with E-state index >= 15 is 0 Å². The van der Waals surface area contributed by atoms with Crippen LogP contribution in [0.25, 0.3) is 0 Å². The van der Waals surface area contributed by atoms with E-state index in [-0.39, 0.29) is 12.6 Å². The van der Waals surface area contributed by atoms with Gasteiger partial charge in [0, 0.05) is 16.6 Å². The third kappa shape index (κ3) is 2.98. The molecule has 1 aromatic heterocycles. The van der Waals surface area contributed by atoms with Crippen LogP contribution in [0.3, 0.4) is 0 Å². The topological polar surface area (TPSA) is 52.1 Å². The van der Waals surface area contributed by atoms with Crippen molar-refractivity contribution >= 4 is 40.7 Å². The molecule has 0 radical (unpaired) electrons. The predicted molar refractivity (Wildman–Crippen MR) is 86.3 cm³/mol. The van der Waals surface area contributed by atoms with Crippen molar-refractivity contribution in [1.29, 1.82) is 0 Å². The molecule has 0 bridgehead atoms. The SMILES string of the molecule is O=C(OCc1nnsc1Cl)C1(c2ccc(Cl)cc2)CCCC1. The summed E-state index contributed by atoms with van der Waals surface area (Å²) < 4.78 is 9.68. The van der Waals surface area contributed by atoms with Crippen LogP contribution >= 0.6 is 34.7 Å². The summed E-state index contributed by atoms with van der Waals surface area (Å²) in [6, 6.07) is 7.44. The van der Waals surface area contributed by atoms with Crippen molar-refractivity contribution < 1.29 is 9.53 Å². The van der Waals surface area contributed by atoms with Crippen molar-refractivity contribution in [2.75, 3.05) is 0 Å². The highest BCUT2D eigenvalue weighted by molar-refractivity contribution is 7.10. The Balaban J connectivity index is 1.79. The quantitative estimate of drug-likeness (QED) is 0.761. The number of benzene rings is 1. The lowest BCUT2D eigenvalue weighted by atomic mass is 9.79. The summed E-state index contributed by atoms with van der Waals surface area (Å²) in [5.41, 5.74) is 0.881. The van der Waals surface area contributed by atoms with E-state index < -0.39 is 5.41 Å². The molecule has 1 saturated carbocycles. The Morgan fingerprint density at radius 1 is 1.23 bits per heavy atom. The largest absolute Gasteiger partial charge is 0.458 e. The molecule has 1 fully saturated rings. The van der Waals surface area contributed by atoms with Crippen molar-refractivity contribution in [3.8, 4) is 0 Å². The summed E-state index contributed by atoms with van der Waals surface area (Å²) in [5.74, 6) is -0.226. The third-order valence-corrected chi connectivity index (χ3v) is 5.33. The molecule has 0 N–H and O–H groups in total. The second kappa shape index (κ2) is 6.52. The molecule has 0 aliphatic heterocycles. The first-order valence-corrected chi connectivity index (χ1v) is 8.55. The van der Waals surface area contributed by atoms with Gasteiger partial charge < -0.3 is 4.74 Å². The van der Waals surface area contributed by atoms with E-state index in [0.717, 1.165) is 42.8 Å². The standard InChI is InChI=1S/C15H14Cl2N2O2S/c16-11-5-3-10(4-6-11)15(7-1-2-8-15)14(20)21-9-12-13(17)22-19-18-12/h3-6H,1-2,7-9H2. The Labute approximate surface area is 142 Å². The molecule has 0 unspecified atom stereocenters. The number of hydrogen-bond donors (Lipinski definition) is 0. The van der Waals surface area contributed by atoms with Gasteiger partial charge in [0.15, 0.2) is 0 Å². The minimum Gasteiger partial charge on any atom is -0.458 e. The molecule has 22 heavy (non-hydrogen) atoms. The lowest BCUT2D eigenvalue weighted by molar-refractivity contribution is -0.152. The zero-order valence-corrected chi connectivity index (χ0v) is 14.0. The Morgan fingerprint density at radius 3 is 2.50 bits per heavy atom. The average molecular weight is 357 g/mol. The fourth-order valence-corrected chi connectivity index (χ4v) is 3.64. The molecule has 2 aromatic rings. The molecular weight excluding hydrogens is 343 g/mol. The maximum Gasteiger partial charge on any atom is 0.316 e. The number of halogens is 2. The Morgan fingerprint density at radius 2 is 1.91 bits per heavy atom. The minimum absolute atomic E-state index is 0.0590. The van der Waals surface area contributed by atoms with Gasteiger partial charge in [0.1, 0.15) is 16.6 Å². The van der Waals surface area contributed by atoms with Gasteiger partial charge in [-0.3, -0.25) is 4.79 Å². The van der Waals surface area contributed by atoms with Crippen LogP contribution in [0.4, 0.5) is 0 Å². The van der Waals surface area contributed by atoms with Crippen LogP contribution < -0.4 is 0 Å². The van der Waals surface area contributed by atoms with Gasteiger partial charge in [-0.25, -0.2) is 0 Å². The zero-order chi connectivity index (χ0) is 15.6. The summed E-state index contributed by atoms with van der Waals surface area (Å²) in [5, 5.41) is 4.52. The molecule has 0 saturated heterocycles. The Bertz CT molecular complexity index is 666. The van der Waals surface area contributed by atoms with Crippen molar-refractivity contribution in [3.63, 3.8) is 0 Å². The molecule has 1 aliphatic carbocycles. The maximum absolute atomic E-state index is 12.7. The minimum atomic E-state index is -0.583. The van der Waals surface area contributed by atoms with Crippen LogP contribution in [0, 0.1) is 0 Å². The smallest absolute Gasteiger partial charge is 0.316 e. The van der Waals surface area contributed by atoms with Gasteiger partial charge in [-0.1, -0.05) is 52.7 Å². The number of hydrogen-bond acceptors (Lipinski definition) is 5. The Hall–Kier alpha value is -1.17. The maximum atomic E-state index is 12.7. The lowest BCUT2D eigenvalue weighted by Crippen LogP contribution is -2.34. The second-order valence-corrected chi connectivity index (χ2v) is 7.16. The molecule has 1 aliphatic rings. The van der Waals surface area contributed by atoms with Crippen LogP contribution in [0.1, 0.15) is 36.9 Å². The number of carbonyl (C=O) groups is 1. The van der Waals surface area contributed by atoms with Crippen LogP contribution in [-0.4, -0.2) is 15.6 Å². The van der Waals surface area contributed by atoms with Gasteiger partial charge in [-0.05, 0) is 30.5 Å². The summed E-state index contributed by atoms with van der Waals surface area (Å²) in [7, 11) is 0. The molecule has 0 spiro atoms. The van der Waals surface area contributed by atoms with Gasteiger partial charge in [0.05, 0.1) is 5.41 Å². The molecule has 0 atom stereocenters. The first kappa shape index (κ1) is 15.7. The van der Waals surface area contributed by atoms with Gasteiger partial charge in [-0.15, -0.1) is 5.10 Å². The highest BCUT2D eigenvalue weighted by Gasteiger charge is 2.44. The van der Waals surface area contributed by atoms with E-state index in [2.05, 4.69) is 9.59 Å². The normalized spacial score (nSPS) is 16.6. The third-order valence-electron chi connectivity index (χ3n) is 4.09. The van der Waals surface area contributed by atoms with E-state index in [1.54, 1.807) is 0 Å². The monoisotopic (exact) mass is 356 g/mol. The Kier molecular flexibility index (Phi) is 4.66. The van der Waals surface area contributed by atoms with Gasteiger partial charge in [0.25, 0.3) is 0 Å². The molecule has 1 heterocycles. The number of rotatable bonds is 4. The van der Waals surface area contributed by atoms with Crippen molar-refractivity contribution in [2.45, 2.75) is 37.7 Å². The molecule has 1 aromatic carbocycles. The van der Waals surface area contributed by atoms with Crippen LogP contribution in [-0.2, 0) is 21.6 Å². The zero-order valence-electron chi connectivity index (χ0n) is 11.7. The van der Waals surface area contributed by atoms with Crippen LogP contribution in [0.2, 0.25) is 9.36 Å². The molecule has 3 rings (SSSR count). The van der Waals surface area contributed by atoms with Gasteiger partial charge >= 0.3 is 5.97 Å².